The van der Waals surface area contributed by atoms with Crippen molar-refractivity contribution in [3.63, 3.8) is 0 Å². The topological polar surface area (TPSA) is 44.8 Å². The first-order valence-corrected chi connectivity index (χ1v) is 10.1. The third-order valence-corrected chi connectivity index (χ3v) is 4.60. The molecule has 1 fully saturated rings. The highest BCUT2D eigenvalue weighted by molar-refractivity contribution is 5.74. The Morgan fingerprint density at radius 2 is 1.94 bits per heavy atom. The molecule has 3 rings (SSSR count). The number of hydrogen-bond donors (Lipinski definition) is 1. The van der Waals surface area contributed by atoms with Crippen molar-refractivity contribution in [2.24, 2.45) is 5.92 Å². The first-order chi connectivity index (χ1) is 19.3. The second-order valence-corrected chi connectivity index (χ2v) is 7.67. The Bertz CT molecular complexity index is 1250. The summed E-state index contributed by atoms with van der Waals surface area (Å²) in [6, 6.07) is -0.728. The summed E-state index contributed by atoms with van der Waals surface area (Å²) in [7, 11) is 0. The van der Waals surface area contributed by atoms with Crippen LogP contribution in [0.3, 0.4) is 0 Å². The van der Waals surface area contributed by atoms with Crippen LogP contribution in [0.25, 0.3) is 0 Å². The molecule has 6 heteroatoms. The van der Waals surface area contributed by atoms with E-state index in [-0.39, 0.29) is 49.8 Å². The predicted octanol–water partition coefficient (Wildman–Crippen LogP) is 4.67. The van der Waals surface area contributed by atoms with E-state index in [0.29, 0.717) is 0 Å². The van der Waals surface area contributed by atoms with Gasteiger partial charge in [0.25, 0.3) is 0 Å². The lowest BCUT2D eigenvalue weighted by Gasteiger charge is -2.37. The zero-order chi connectivity index (χ0) is 31.8. The van der Waals surface area contributed by atoms with E-state index >= 15 is 0 Å². The molecule has 1 heterocycles. The van der Waals surface area contributed by atoms with E-state index in [4.69, 9.17) is 19.8 Å². The summed E-state index contributed by atoms with van der Waals surface area (Å²) in [5.74, 6) is -0.997. The highest BCUT2D eigenvalue weighted by Gasteiger charge is 2.27. The van der Waals surface area contributed by atoms with Gasteiger partial charge in [-0.05, 0) is 74.2 Å². The SMILES string of the molecule is [2H]c1c([2H])c(C([2H])([2H])NC(=O)N(C2CCN(C([2H])([2H])[2H])CC2)C([2H])([2H])c2ccc(F)cc2)c([2H])c([2H])c1OCC(C)C. The number of nitrogens with one attached hydrogen (secondary N) is 1. The highest BCUT2D eigenvalue weighted by atomic mass is 19.1. The van der Waals surface area contributed by atoms with E-state index in [9.17, 15) is 9.18 Å². The summed E-state index contributed by atoms with van der Waals surface area (Å²) in [6.07, 6.45) is 0.0526. The van der Waals surface area contributed by atoms with Gasteiger partial charge in [-0.25, -0.2) is 9.18 Å². The van der Waals surface area contributed by atoms with Crippen molar-refractivity contribution < 1.29 is 29.0 Å². The molecule has 0 saturated carbocycles. The van der Waals surface area contributed by atoms with Crippen LogP contribution < -0.4 is 10.1 Å². The lowest BCUT2D eigenvalue weighted by atomic mass is 10.0. The number of nitrogens with zero attached hydrogens (tertiary/aromatic N) is 2. The summed E-state index contributed by atoms with van der Waals surface area (Å²) in [5, 5.41) is 2.04. The van der Waals surface area contributed by atoms with Crippen LogP contribution in [-0.2, 0) is 13.0 Å². The Balaban J connectivity index is 2.01. The Morgan fingerprint density at radius 1 is 1.26 bits per heavy atom. The molecule has 2 aromatic rings. The quantitative estimate of drug-likeness (QED) is 0.652. The molecule has 2 aromatic carbocycles. The monoisotopic (exact) mass is 438 g/mol. The van der Waals surface area contributed by atoms with Crippen LogP contribution in [0.4, 0.5) is 9.18 Å². The maximum Gasteiger partial charge on any atom is 0.318 e. The maximum absolute atomic E-state index is 13.7. The van der Waals surface area contributed by atoms with Gasteiger partial charge in [0.15, 0.2) is 0 Å². The fourth-order valence-electron chi connectivity index (χ4n) is 2.96. The van der Waals surface area contributed by atoms with Gasteiger partial charge in [0.05, 0.1) is 17.6 Å². The van der Waals surface area contributed by atoms with E-state index in [2.05, 4.69) is 0 Å². The minimum absolute atomic E-state index is 0.00584. The minimum Gasteiger partial charge on any atom is -0.493 e. The van der Waals surface area contributed by atoms with Crippen LogP contribution in [-0.4, -0.2) is 48.5 Å². The second kappa shape index (κ2) is 11.1. The summed E-state index contributed by atoms with van der Waals surface area (Å²) in [5.41, 5.74) is -0.893. The van der Waals surface area contributed by atoms with Crippen LogP contribution >= 0.6 is 0 Å². The van der Waals surface area contributed by atoms with Crippen LogP contribution in [0.1, 0.15) is 52.9 Å². The number of hydrogen-bond acceptors (Lipinski definition) is 3. The summed E-state index contributed by atoms with van der Waals surface area (Å²) in [4.78, 5) is 15.7. The van der Waals surface area contributed by atoms with E-state index in [1.807, 2.05) is 19.2 Å². The highest BCUT2D eigenvalue weighted by Crippen LogP contribution is 2.19. The molecule has 0 unspecified atom stereocenters. The number of carbonyl (C=O) groups excluding carboxylic acids is 1. The standard InChI is InChI=1S/C25H34FN3O2/c1-19(2)18-31-24-10-6-20(7-11-24)16-27-25(30)29(23-12-14-28(3)15-13-23)17-21-4-8-22(26)9-5-21/h4-11,19,23H,12-18H2,1-3H3,(H,27,30)/i3D3,6D,7D,10D,11D,16D2,17D2. The first-order valence-electron chi connectivity index (χ1n) is 15.6. The Morgan fingerprint density at radius 3 is 2.55 bits per heavy atom. The number of carbonyl (C=O) groups is 1. The molecule has 5 nitrogen and oxygen atoms in total. The zero-order valence-corrected chi connectivity index (χ0v) is 17.6. The Kier molecular flexibility index (Phi) is 4.47. The summed E-state index contributed by atoms with van der Waals surface area (Å²) >= 11 is 0. The van der Waals surface area contributed by atoms with Crippen molar-refractivity contribution in [2.75, 3.05) is 26.7 Å². The number of urea groups is 1. The Labute approximate surface area is 200 Å². The average Bonchev–Trinajstić information content (AvgIpc) is 2.87. The lowest BCUT2D eigenvalue weighted by Crippen LogP contribution is -2.49. The van der Waals surface area contributed by atoms with Gasteiger partial charge in [-0.1, -0.05) is 38.1 Å². The molecule has 0 aliphatic carbocycles. The molecular weight excluding hydrogens is 393 g/mol. The second-order valence-electron chi connectivity index (χ2n) is 7.67. The Hall–Kier alpha value is -2.60. The van der Waals surface area contributed by atoms with Crippen molar-refractivity contribution >= 4 is 6.03 Å². The van der Waals surface area contributed by atoms with E-state index in [0.717, 1.165) is 29.2 Å². The summed E-state index contributed by atoms with van der Waals surface area (Å²) < 4.78 is 110. The molecule has 1 aliphatic rings. The molecule has 0 radical (unpaired) electrons. The molecule has 31 heavy (non-hydrogen) atoms. The number of benzene rings is 2. The van der Waals surface area contributed by atoms with Gasteiger partial charge in [0.2, 0.25) is 0 Å². The fourth-order valence-corrected chi connectivity index (χ4v) is 2.96. The van der Waals surface area contributed by atoms with Gasteiger partial charge in [-0.3, -0.25) is 0 Å². The summed E-state index contributed by atoms with van der Waals surface area (Å²) in [6.45, 7) is -4.31. The first kappa shape index (κ1) is 12.4. The van der Waals surface area contributed by atoms with Gasteiger partial charge >= 0.3 is 6.03 Å². The van der Waals surface area contributed by atoms with Crippen molar-refractivity contribution in [3.05, 3.63) is 65.4 Å². The van der Waals surface area contributed by atoms with Crippen LogP contribution in [0.2, 0.25) is 0 Å². The predicted molar refractivity (Wildman–Crippen MR) is 121 cm³/mol. The van der Waals surface area contributed by atoms with Crippen LogP contribution in [0.15, 0.2) is 48.4 Å². The van der Waals surface area contributed by atoms with Crippen LogP contribution in [0, 0.1) is 11.7 Å². The number of ether oxygens (including phenoxy) is 1. The molecule has 1 aliphatic heterocycles. The molecule has 0 atom stereocenters. The fraction of sp³-hybridized carbons (Fsp3) is 0.480. The molecule has 0 aromatic heterocycles. The van der Waals surface area contributed by atoms with Gasteiger partial charge < -0.3 is 19.9 Å². The molecule has 0 spiro atoms. The normalized spacial score (nSPS) is 21.6. The average molecular weight is 439 g/mol. The zero-order valence-electron chi connectivity index (χ0n) is 28.6. The molecule has 1 N–H and O–H groups in total. The molecule has 2 amide bonds. The number of likely N-dealkylation sites (tertiary alicyclic amines) is 1. The molecule has 168 valence electrons. The molecule has 1 saturated heterocycles. The van der Waals surface area contributed by atoms with Gasteiger partial charge in [0, 0.05) is 23.1 Å². The maximum atomic E-state index is 13.7. The van der Waals surface area contributed by atoms with Crippen molar-refractivity contribution in [2.45, 2.75) is 45.7 Å². The number of amides is 2. The number of rotatable bonds is 8. The minimum atomic E-state index is -3.01. The van der Waals surface area contributed by atoms with Crippen LogP contribution in [0.5, 0.6) is 5.75 Å². The van der Waals surface area contributed by atoms with Crippen molar-refractivity contribution in [1.82, 2.24) is 15.1 Å². The van der Waals surface area contributed by atoms with Gasteiger partial charge in [0.1, 0.15) is 11.6 Å². The van der Waals surface area contributed by atoms with Gasteiger partial charge in [-0.2, -0.15) is 0 Å². The van der Waals surface area contributed by atoms with Crippen molar-refractivity contribution in [1.29, 1.82) is 0 Å². The largest absolute Gasteiger partial charge is 0.493 e. The van der Waals surface area contributed by atoms with E-state index < -0.39 is 67.6 Å². The third kappa shape index (κ3) is 7.24. The lowest BCUT2D eigenvalue weighted by molar-refractivity contribution is 0.127. The molecular formula is C25H34FN3O2. The van der Waals surface area contributed by atoms with E-state index in [1.165, 1.54) is 4.90 Å². The van der Waals surface area contributed by atoms with Crippen molar-refractivity contribution in [3.8, 4) is 5.75 Å². The third-order valence-electron chi connectivity index (χ3n) is 4.60. The number of piperidine rings is 1. The smallest absolute Gasteiger partial charge is 0.318 e. The molecule has 0 bridgehead atoms. The van der Waals surface area contributed by atoms with Gasteiger partial charge in [-0.15, -0.1) is 0 Å². The number of halogens is 1. The van der Waals surface area contributed by atoms with E-state index in [1.54, 1.807) is 0 Å².